The summed E-state index contributed by atoms with van der Waals surface area (Å²) in [5, 5.41) is 3.57. The molecule has 1 heterocycles. The van der Waals surface area contributed by atoms with Crippen molar-refractivity contribution in [1.29, 1.82) is 0 Å². The van der Waals surface area contributed by atoms with Gasteiger partial charge in [0.25, 0.3) is 0 Å². The van der Waals surface area contributed by atoms with E-state index in [1.54, 1.807) is 12.1 Å². The van der Waals surface area contributed by atoms with Crippen molar-refractivity contribution in [1.82, 2.24) is 15.3 Å². The van der Waals surface area contributed by atoms with Gasteiger partial charge in [-0.15, -0.1) is 0 Å². The molecule has 5 nitrogen and oxygen atoms in total. The summed E-state index contributed by atoms with van der Waals surface area (Å²) in [7, 11) is 0. The van der Waals surface area contributed by atoms with Gasteiger partial charge in [-0.25, -0.2) is 4.79 Å². The topological polar surface area (TPSA) is 77.8 Å². The van der Waals surface area contributed by atoms with Crippen molar-refractivity contribution >= 4 is 28.5 Å². The first kappa shape index (κ1) is 15.4. The molecule has 1 aromatic heterocycles. The SMILES string of the molecule is C[C@H](NC(=O)Cc1cccc(Cl)c1)c1ccc2[nH]c(=O)[nH]c2c1. The van der Waals surface area contributed by atoms with Gasteiger partial charge in [-0.2, -0.15) is 0 Å². The Morgan fingerprint density at radius 2 is 1.96 bits per heavy atom. The molecular weight excluding hydrogens is 314 g/mol. The number of benzene rings is 2. The quantitative estimate of drug-likeness (QED) is 0.688. The molecule has 0 spiro atoms. The summed E-state index contributed by atoms with van der Waals surface area (Å²) in [5.74, 6) is -0.0811. The van der Waals surface area contributed by atoms with E-state index in [-0.39, 0.29) is 24.1 Å². The predicted molar refractivity (Wildman–Crippen MR) is 90.6 cm³/mol. The molecule has 3 aromatic rings. The van der Waals surface area contributed by atoms with Crippen LogP contribution in [0, 0.1) is 0 Å². The lowest BCUT2D eigenvalue weighted by Gasteiger charge is -2.14. The van der Waals surface area contributed by atoms with Gasteiger partial charge in [-0.1, -0.05) is 29.8 Å². The number of aromatic amines is 2. The van der Waals surface area contributed by atoms with Gasteiger partial charge in [0, 0.05) is 5.02 Å². The highest BCUT2D eigenvalue weighted by Gasteiger charge is 2.11. The van der Waals surface area contributed by atoms with E-state index in [1.807, 2.05) is 37.3 Å². The van der Waals surface area contributed by atoms with Crippen LogP contribution in [0.2, 0.25) is 5.02 Å². The Kier molecular flexibility index (Phi) is 4.21. The number of fused-ring (bicyclic) bond motifs is 1. The summed E-state index contributed by atoms with van der Waals surface area (Å²) in [6.07, 6.45) is 0.272. The van der Waals surface area contributed by atoms with Crippen molar-refractivity contribution in [3.05, 3.63) is 69.1 Å². The zero-order chi connectivity index (χ0) is 16.4. The molecule has 0 aliphatic carbocycles. The van der Waals surface area contributed by atoms with Crippen molar-refractivity contribution in [2.75, 3.05) is 0 Å². The van der Waals surface area contributed by atoms with E-state index in [0.717, 1.165) is 22.2 Å². The molecule has 1 amide bonds. The molecule has 0 aliphatic heterocycles. The van der Waals surface area contributed by atoms with Gasteiger partial charge in [0.15, 0.2) is 0 Å². The standard InChI is InChI=1S/C17H16ClN3O2/c1-10(12-5-6-14-15(9-12)21-17(23)20-14)19-16(22)8-11-3-2-4-13(18)7-11/h2-7,9-10H,8H2,1H3,(H,19,22)(H2,20,21,23)/t10-/m0/s1. The summed E-state index contributed by atoms with van der Waals surface area (Å²) in [5.41, 5.74) is 3.02. The van der Waals surface area contributed by atoms with Crippen molar-refractivity contribution in [2.24, 2.45) is 0 Å². The van der Waals surface area contributed by atoms with E-state index in [0.29, 0.717) is 5.02 Å². The van der Waals surface area contributed by atoms with Crippen LogP contribution in [-0.2, 0) is 11.2 Å². The Morgan fingerprint density at radius 3 is 2.74 bits per heavy atom. The summed E-state index contributed by atoms with van der Waals surface area (Å²) in [4.78, 5) is 28.9. The van der Waals surface area contributed by atoms with Crippen molar-refractivity contribution in [2.45, 2.75) is 19.4 Å². The number of nitrogens with one attached hydrogen (secondary N) is 3. The van der Waals surface area contributed by atoms with E-state index in [1.165, 1.54) is 0 Å². The number of imidazole rings is 1. The van der Waals surface area contributed by atoms with Gasteiger partial charge in [0.2, 0.25) is 5.91 Å². The third kappa shape index (κ3) is 3.63. The second-order valence-electron chi connectivity index (χ2n) is 5.48. The third-order valence-electron chi connectivity index (χ3n) is 3.67. The van der Waals surface area contributed by atoms with Crippen LogP contribution in [0.5, 0.6) is 0 Å². The minimum atomic E-state index is -0.241. The Bertz CT molecular complexity index is 913. The maximum absolute atomic E-state index is 12.2. The smallest absolute Gasteiger partial charge is 0.323 e. The molecule has 0 aliphatic rings. The van der Waals surface area contributed by atoms with Crippen LogP contribution < -0.4 is 11.0 Å². The lowest BCUT2D eigenvalue weighted by Crippen LogP contribution is -2.28. The van der Waals surface area contributed by atoms with Crippen LogP contribution in [0.15, 0.2) is 47.3 Å². The van der Waals surface area contributed by atoms with Crippen LogP contribution >= 0.6 is 11.6 Å². The van der Waals surface area contributed by atoms with E-state index in [4.69, 9.17) is 11.6 Å². The highest BCUT2D eigenvalue weighted by molar-refractivity contribution is 6.30. The van der Waals surface area contributed by atoms with Gasteiger partial charge in [-0.05, 0) is 42.3 Å². The molecule has 0 radical (unpaired) electrons. The number of amides is 1. The Labute approximate surface area is 137 Å². The zero-order valence-corrected chi connectivity index (χ0v) is 13.3. The molecule has 0 fully saturated rings. The van der Waals surface area contributed by atoms with Crippen LogP contribution in [0.4, 0.5) is 0 Å². The number of rotatable bonds is 4. The van der Waals surface area contributed by atoms with Crippen LogP contribution in [0.1, 0.15) is 24.1 Å². The summed E-state index contributed by atoms with van der Waals surface area (Å²) in [6.45, 7) is 1.90. The number of halogens is 1. The maximum atomic E-state index is 12.2. The van der Waals surface area contributed by atoms with Gasteiger partial charge in [0.1, 0.15) is 0 Å². The monoisotopic (exact) mass is 329 g/mol. The number of carbonyl (C=O) groups is 1. The first-order valence-electron chi connectivity index (χ1n) is 7.27. The summed E-state index contributed by atoms with van der Waals surface area (Å²) < 4.78 is 0. The number of aromatic nitrogens is 2. The average molecular weight is 330 g/mol. The van der Waals surface area contributed by atoms with E-state index >= 15 is 0 Å². The van der Waals surface area contributed by atoms with E-state index < -0.39 is 0 Å². The third-order valence-corrected chi connectivity index (χ3v) is 3.91. The molecule has 0 saturated carbocycles. The van der Waals surface area contributed by atoms with Crippen LogP contribution in [-0.4, -0.2) is 15.9 Å². The molecule has 0 saturated heterocycles. The van der Waals surface area contributed by atoms with E-state index in [9.17, 15) is 9.59 Å². The lowest BCUT2D eigenvalue weighted by molar-refractivity contribution is -0.121. The van der Waals surface area contributed by atoms with Gasteiger partial charge in [-0.3, -0.25) is 4.79 Å². The fourth-order valence-electron chi connectivity index (χ4n) is 2.53. The Hall–Kier alpha value is -2.53. The molecule has 0 unspecified atom stereocenters. The molecule has 3 rings (SSSR count). The van der Waals surface area contributed by atoms with Gasteiger partial charge in [0.05, 0.1) is 23.5 Å². The molecule has 2 aromatic carbocycles. The predicted octanol–water partition coefficient (Wildman–Crippen LogP) is 2.93. The van der Waals surface area contributed by atoms with Crippen LogP contribution in [0.3, 0.4) is 0 Å². The number of carbonyl (C=O) groups excluding carboxylic acids is 1. The van der Waals surface area contributed by atoms with Gasteiger partial charge >= 0.3 is 5.69 Å². The van der Waals surface area contributed by atoms with Crippen molar-refractivity contribution < 1.29 is 4.79 Å². The second-order valence-corrected chi connectivity index (χ2v) is 5.92. The number of hydrogen-bond acceptors (Lipinski definition) is 2. The van der Waals surface area contributed by atoms with Crippen molar-refractivity contribution in [3.63, 3.8) is 0 Å². The van der Waals surface area contributed by atoms with Gasteiger partial charge < -0.3 is 15.3 Å². The minimum Gasteiger partial charge on any atom is -0.349 e. The molecule has 118 valence electrons. The molecule has 0 bridgehead atoms. The van der Waals surface area contributed by atoms with Crippen LogP contribution in [0.25, 0.3) is 11.0 Å². The summed E-state index contributed by atoms with van der Waals surface area (Å²) in [6, 6.07) is 12.7. The highest BCUT2D eigenvalue weighted by Crippen LogP contribution is 2.17. The summed E-state index contributed by atoms with van der Waals surface area (Å²) >= 11 is 5.92. The number of hydrogen-bond donors (Lipinski definition) is 3. The minimum absolute atomic E-state index is 0.0811. The first-order valence-corrected chi connectivity index (χ1v) is 7.65. The fourth-order valence-corrected chi connectivity index (χ4v) is 2.74. The number of H-pyrrole nitrogens is 2. The normalized spacial score (nSPS) is 12.3. The maximum Gasteiger partial charge on any atom is 0.323 e. The van der Waals surface area contributed by atoms with E-state index in [2.05, 4.69) is 15.3 Å². The first-order chi connectivity index (χ1) is 11.0. The Balaban J connectivity index is 1.70. The molecule has 3 N–H and O–H groups in total. The molecule has 6 heteroatoms. The molecule has 23 heavy (non-hydrogen) atoms. The fraction of sp³-hybridized carbons (Fsp3) is 0.176. The second kappa shape index (κ2) is 6.30. The largest absolute Gasteiger partial charge is 0.349 e. The zero-order valence-electron chi connectivity index (χ0n) is 12.5. The van der Waals surface area contributed by atoms with Crippen molar-refractivity contribution in [3.8, 4) is 0 Å². The Morgan fingerprint density at radius 1 is 1.17 bits per heavy atom. The highest BCUT2D eigenvalue weighted by atomic mass is 35.5. The lowest BCUT2D eigenvalue weighted by atomic mass is 10.1. The average Bonchev–Trinajstić information content (AvgIpc) is 2.86. The molecular formula is C17H16ClN3O2. The molecule has 1 atom stereocenters.